The van der Waals surface area contributed by atoms with Gasteiger partial charge in [0.1, 0.15) is 0 Å². The van der Waals surface area contributed by atoms with E-state index in [-0.39, 0.29) is 12.1 Å². The number of nitrogens with one attached hydrogen (secondary N) is 1. The molecule has 2 fully saturated rings. The molecule has 55 heavy (non-hydrogen) atoms. The van der Waals surface area contributed by atoms with Crippen molar-refractivity contribution in [3.05, 3.63) is 147 Å². The van der Waals surface area contributed by atoms with E-state index in [0.717, 1.165) is 102 Å². The fourth-order valence-electron chi connectivity index (χ4n) is 8.28. The fraction of sp³-hybridized carbons (Fsp3) is 0.310. The van der Waals surface area contributed by atoms with Crippen molar-refractivity contribution in [1.82, 2.24) is 39.4 Å². The number of fused-ring (bicyclic) bond motifs is 4. The third-order valence-corrected chi connectivity index (χ3v) is 12.2. The molecule has 2 unspecified atom stereocenters. The summed E-state index contributed by atoms with van der Waals surface area (Å²) in [6.07, 6.45) is 14.8. The predicted molar refractivity (Wildman–Crippen MR) is 228 cm³/mol. The molecule has 9 rings (SSSR count). The Labute approximate surface area is 342 Å². The lowest BCUT2D eigenvalue weighted by Crippen LogP contribution is -2.52. The van der Waals surface area contributed by atoms with Gasteiger partial charge in [0.05, 0.1) is 29.8 Å². The van der Waals surface area contributed by atoms with Crippen LogP contribution in [0.2, 0.25) is 16.9 Å². The maximum Gasteiger partial charge on any atom is 0.376 e. The summed E-state index contributed by atoms with van der Waals surface area (Å²) in [5.41, 5.74) is 10.7. The quantitative estimate of drug-likeness (QED) is 0.169. The minimum atomic E-state index is -0.404. The van der Waals surface area contributed by atoms with Gasteiger partial charge in [0.2, 0.25) is 0 Å². The van der Waals surface area contributed by atoms with Crippen LogP contribution in [0.15, 0.2) is 91.8 Å². The van der Waals surface area contributed by atoms with E-state index in [0.29, 0.717) is 0 Å². The first-order valence-electron chi connectivity index (χ1n) is 19.0. The van der Waals surface area contributed by atoms with Crippen molar-refractivity contribution in [1.29, 1.82) is 0 Å². The van der Waals surface area contributed by atoms with Crippen molar-refractivity contribution in [2.45, 2.75) is 31.9 Å². The average molecular weight is 838 g/mol. The molecule has 3 aromatic heterocycles. The van der Waals surface area contributed by atoms with Crippen LogP contribution in [0, 0.1) is 0 Å². The number of benzene rings is 2. The molecule has 0 saturated carbocycles. The maximum atomic E-state index is 9.87. The Bertz CT molecular complexity index is 2180. The van der Waals surface area contributed by atoms with Crippen molar-refractivity contribution in [2.24, 2.45) is 0 Å². The highest BCUT2D eigenvalue weighted by Gasteiger charge is 2.34. The van der Waals surface area contributed by atoms with Crippen LogP contribution in [0.25, 0.3) is 22.2 Å². The Morgan fingerprint density at radius 2 is 1.38 bits per heavy atom. The van der Waals surface area contributed by atoms with Gasteiger partial charge >= 0.3 is 7.05 Å². The molecule has 0 bridgehead atoms. The second-order valence-corrected chi connectivity index (χ2v) is 16.2. The van der Waals surface area contributed by atoms with Gasteiger partial charge in [-0.1, -0.05) is 63.4 Å². The van der Waals surface area contributed by atoms with Crippen LogP contribution < -0.4 is 5.32 Å². The van der Waals surface area contributed by atoms with Crippen LogP contribution in [-0.4, -0.2) is 98.6 Å². The van der Waals surface area contributed by atoms with Gasteiger partial charge in [0, 0.05) is 98.2 Å². The highest BCUT2D eigenvalue weighted by Crippen LogP contribution is 2.43. The summed E-state index contributed by atoms with van der Waals surface area (Å²) < 4.78 is 3.14. The van der Waals surface area contributed by atoms with Crippen LogP contribution in [0.5, 0.6) is 0 Å². The summed E-state index contributed by atoms with van der Waals surface area (Å²) in [5.74, 6) is 0. The number of allylic oxidation sites excluding steroid dienone is 1. The molecule has 0 amide bonds. The largest absolute Gasteiger partial charge is 0.437 e. The summed E-state index contributed by atoms with van der Waals surface area (Å²) in [4.78, 5) is 20.9. The number of piperazine rings is 2. The fourth-order valence-corrected chi connectivity index (χ4v) is 9.21. The maximum absolute atomic E-state index is 9.87. The highest BCUT2D eigenvalue weighted by atomic mass is 79.9. The number of imidazole rings is 1. The first kappa shape index (κ1) is 38.2. The number of pyridine rings is 2. The third-order valence-electron chi connectivity index (χ3n) is 11.1. The van der Waals surface area contributed by atoms with Crippen LogP contribution in [-0.2, 0) is 6.54 Å². The number of hydrogen-bond acceptors (Lipinski definition) is 8. The summed E-state index contributed by atoms with van der Waals surface area (Å²) in [7, 11) is -0.404. The van der Waals surface area contributed by atoms with Gasteiger partial charge in [-0.25, -0.2) is 4.98 Å². The molecule has 282 valence electrons. The summed E-state index contributed by atoms with van der Waals surface area (Å²) >= 11 is 16.5. The van der Waals surface area contributed by atoms with E-state index >= 15 is 0 Å². The van der Waals surface area contributed by atoms with Gasteiger partial charge in [-0.15, -0.1) is 0 Å². The van der Waals surface area contributed by atoms with Crippen molar-refractivity contribution in [3.63, 3.8) is 0 Å². The number of rotatable bonds is 6. The Morgan fingerprint density at radius 1 is 0.782 bits per heavy atom. The van der Waals surface area contributed by atoms with Gasteiger partial charge in [-0.05, 0) is 101 Å². The van der Waals surface area contributed by atoms with Crippen LogP contribution in [0.3, 0.4) is 0 Å². The number of hydrogen-bond donors (Lipinski definition) is 2. The lowest BCUT2D eigenvalue weighted by molar-refractivity contribution is 0.144. The lowest BCUT2D eigenvalue weighted by atomic mass is 9.84. The monoisotopic (exact) mass is 836 g/mol. The van der Waals surface area contributed by atoms with Crippen molar-refractivity contribution in [2.75, 3.05) is 52.4 Å². The first-order valence-corrected chi connectivity index (χ1v) is 20.5. The van der Waals surface area contributed by atoms with Gasteiger partial charge in [0.15, 0.2) is 0 Å². The van der Waals surface area contributed by atoms with Crippen molar-refractivity contribution >= 4 is 68.4 Å². The predicted octanol–water partition coefficient (Wildman–Crippen LogP) is 7.63. The molecule has 2 N–H and O–H groups in total. The standard InChI is InChI=1S/C23H24ClN5.C19H20BBrClN3O/c24-19-3-4-20-21(15-19)17(5-10-28-11-7-26-16-28)14-18-2-1-6-27-22(18)23(20)29-12-8-25-9-13-29;1-20(26)25-9-7-24(8-10-25)19-15-5-4-14(22)12-16(15)17(21)11-13-3-2-6-23-18(13)19/h1-4,6-7,11,14-16,23,25H,5,8-10,12-13H2;2-6,11-12,19,26H,7-10H2,1H3. The molecule has 2 atom stereocenters. The van der Waals surface area contributed by atoms with E-state index in [2.05, 4.69) is 87.9 Å². The molecule has 2 aliphatic heterocycles. The molecule has 0 radical (unpaired) electrons. The second kappa shape index (κ2) is 17.2. The first-order chi connectivity index (χ1) is 26.8. The molecular formula is C42H44BBrCl2N8O. The summed E-state index contributed by atoms with van der Waals surface area (Å²) in [6.45, 7) is 10.2. The van der Waals surface area contributed by atoms with E-state index in [1.165, 1.54) is 27.8 Å². The second-order valence-electron chi connectivity index (χ2n) is 14.4. The minimum absolute atomic E-state index is 0.0703. The van der Waals surface area contributed by atoms with E-state index < -0.39 is 7.05 Å². The SMILES string of the molecule is CB(O)N1CCN(C2c3ccc(Cl)cc3C(Br)=Cc3cccnc32)CC1.Clc1ccc2c(c1)C(CCn1ccnc1)=Cc1cccnc1C2N1CCNCC1. The zero-order valence-electron chi connectivity index (χ0n) is 30.8. The Morgan fingerprint density at radius 3 is 2.00 bits per heavy atom. The Kier molecular flexibility index (Phi) is 12.0. The number of halogens is 3. The Hall–Kier alpha value is -3.65. The third kappa shape index (κ3) is 8.41. The molecule has 0 spiro atoms. The van der Waals surface area contributed by atoms with Crippen molar-refractivity contribution < 1.29 is 5.02 Å². The van der Waals surface area contributed by atoms with E-state index in [1.807, 2.05) is 68.3 Å². The zero-order chi connectivity index (χ0) is 37.9. The van der Waals surface area contributed by atoms with Gasteiger partial charge in [-0.2, -0.15) is 0 Å². The van der Waals surface area contributed by atoms with E-state index in [9.17, 15) is 5.02 Å². The van der Waals surface area contributed by atoms with E-state index in [4.69, 9.17) is 33.2 Å². The van der Waals surface area contributed by atoms with Crippen LogP contribution in [0.4, 0.5) is 0 Å². The average Bonchev–Trinajstić information content (AvgIpc) is 3.65. The van der Waals surface area contributed by atoms with Crippen molar-refractivity contribution in [3.8, 4) is 0 Å². The molecule has 5 aromatic rings. The van der Waals surface area contributed by atoms with Gasteiger partial charge < -0.3 is 19.7 Å². The Balaban J connectivity index is 0.000000156. The van der Waals surface area contributed by atoms with Crippen LogP contribution in [0.1, 0.15) is 63.3 Å². The molecule has 4 aliphatic rings. The molecule has 13 heteroatoms. The smallest absolute Gasteiger partial charge is 0.376 e. The minimum Gasteiger partial charge on any atom is -0.437 e. The van der Waals surface area contributed by atoms with Crippen LogP contribution >= 0.6 is 39.1 Å². The summed E-state index contributed by atoms with van der Waals surface area (Å²) in [6, 6.07) is 20.9. The van der Waals surface area contributed by atoms with E-state index in [1.54, 1.807) is 0 Å². The van der Waals surface area contributed by atoms with Gasteiger partial charge in [0.25, 0.3) is 0 Å². The topological polar surface area (TPSA) is 85.6 Å². The molecule has 5 heterocycles. The molecule has 2 aromatic carbocycles. The number of nitrogens with zero attached hydrogens (tertiary/aromatic N) is 7. The normalized spacial score (nSPS) is 19.9. The van der Waals surface area contributed by atoms with Gasteiger partial charge in [-0.3, -0.25) is 19.8 Å². The lowest BCUT2D eigenvalue weighted by Gasteiger charge is -2.40. The molecule has 2 aliphatic carbocycles. The molecular weight excluding hydrogens is 794 g/mol. The zero-order valence-corrected chi connectivity index (χ0v) is 33.9. The summed E-state index contributed by atoms with van der Waals surface area (Å²) in [5, 5.41) is 14.8. The number of aryl methyl sites for hydroxylation is 1. The molecule has 9 nitrogen and oxygen atoms in total. The number of aromatic nitrogens is 4. The molecule has 2 saturated heterocycles. The highest BCUT2D eigenvalue weighted by molar-refractivity contribution is 9.15.